The fourth-order valence-electron chi connectivity index (χ4n) is 1.93. The largest absolute Gasteiger partial charge is 0.363 e. The molecule has 0 aliphatic rings. The molecule has 1 amide bonds. The minimum Gasteiger partial charge on any atom is -0.363 e. The Labute approximate surface area is 133 Å². The maximum Gasteiger partial charge on any atom is 0.255 e. The van der Waals surface area contributed by atoms with Gasteiger partial charge < -0.3 is 9.80 Å². The lowest BCUT2D eigenvalue weighted by Gasteiger charge is -2.18. The summed E-state index contributed by atoms with van der Waals surface area (Å²) in [6, 6.07) is 11.6. The molecule has 0 saturated carbocycles. The number of aromatic nitrogens is 1. The summed E-state index contributed by atoms with van der Waals surface area (Å²) in [4.78, 5) is 20.2. The van der Waals surface area contributed by atoms with Crippen molar-refractivity contribution in [2.75, 3.05) is 26.0 Å². The van der Waals surface area contributed by atoms with Crippen molar-refractivity contribution in [1.82, 2.24) is 9.88 Å². The summed E-state index contributed by atoms with van der Waals surface area (Å²) in [7, 11) is 5.64. The lowest BCUT2D eigenvalue weighted by molar-refractivity contribution is 0.0784. The number of hydrogen-bond donors (Lipinski definition) is 0. The van der Waals surface area contributed by atoms with Crippen molar-refractivity contribution in [2.45, 2.75) is 6.54 Å². The number of pyridine rings is 1. The smallest absolute Gasteiger partial charge is 0.255 e. The molecule has 0 unspecified atom stereocenters. The number of nitrogens with zero attached hydrogens (tertiary/aromatic N) is 3. The molecule has 0 fully saturated rings. The molecule has 2 aromatic rings. The summed E-state index contributed by atoms with van der Waals surface area (Å²) >= 11 is 3.40. The van der Waals surface area contributed by atoms with Crippen molar-refractivity contribution < 1.29 is 4.79 Å². The van der Waals surface area contributed by atoms with E-state index in [1.54, 1.807) is 18.1 Å². The maximum atomic E-state index is 12.4. The highest BCUT2D eigenvalue weighted by molar-refractivity contribution is 9.10. The normalized spacial score (nSPS) is 10.3. The molecule has 5 heteroatoms. The summed E-state index contributed by atoms with van der Waals surface area (Å²) in [5.74, 6) is 0.804. The summed E-state index contributed by atoms with van der Waals surface area (Å²) in [5.41, 5.74) is 1.69. The van der Waals surface area contributed by atoms with E-state index in [1.165, 1.54) is 0 Å². The number of benzene rings is 1. The van der Waals surface area contributed by atoms with Crippen molar-refractivity contribution in [3.8, 4) is 0 Å². The lowest BCUT2D eigenvalue weighted by atomic mass is 10.2. The topological polar surface area (TPSA) is 36.4 Å². The van der Waals surface area contributed by atoms with E-state index in [9.17, 15) is 4.79 Å². The third kappa shape index (κ3) is 4.04. The number of amides is 1. The molecule has 0 N–H and O–H groups in total. The Kier molecular flexibility index (Phi) is 4.96. The number of carbonyl (C=O) groups excluding carboxylic acids is 1. The summed E-state index contributed by atoms with van der Waals surface area (Å²) in [5, 5.41) is 0. The number of carbonyl (C=O) groups is 1. The van der Waals surface area contributed by atoms with Gasteiger partial charge in [0, 0.05) is 38.4 Å². The summed E-state index contributed by atoms with van der Waals surface area (Å²) in [6.45, 7) is 0.571. The average Bonchev–Trinajstić information content (AvgIpc) is 2.49. The van der Waals surface area contributed by atoms with Gasteiger partial charge in [0.25, 0.3) is 5.91 Å². The molecule has 110 valence electrons. The van der Waals surface area contributed by atoms with E-state index in [0.717, 1.165) is 15.9 Å². The van der Waals surface area contributed by atoms with E-state index in [2.05, 4.69) is 20.9 Å². The van der Waals surface area contributed by atoms with Crippen molar-refractivity contribution in [3.63, 3.8) is 0 Å². The zero-order chi connectivity index (χ0) is 15.4. The molecule has 0 spiro atoms. The van der Waals surface area contributed by atoms with Gasteiger partial charge >= 0.3 is 0 Å². The molecule has 0 aliphatic carbocycles. The van der Waals surface area contributed by atoms with Crippen LogP contribution >= 0.6 is 15.9 Å². The maximum absolute atomic E-state index is 12.4. The molecule has 1 aromatic heterocycles. The van der Waals surface area contributed by atoms with Crippen LogP contribution in [0.1, 0.15) is 15.9 Å². The van der Waals surface area contributed by atoms with Crippen LogP contribution in [-0.2, 0) is 6.54 Å². The zero-order valence-corrected chi connectivity index (χ0v) is 14.0. The molecule has 0 atom stereocenters. The van der Waals surface area contributed by atoms with Crippen molar-refractivity contribution >= 4 is 27.7 Å². The highest BCUT2D eigenvalue weighted by Crippen LogP contribution is 2.14. The first-order valence-corrected chi connectivity index (χ1v) is 7.40. The van der Waals surface area contributed by atoms with E-state index >= 15 is 0 Å². The molecule has 0 saturated heterocycles. The van der Waals surface area contributed by atoms with Crippen molar-refractivity contribution in [1.29, 1.82) is 0 Å². The Morgan fingerprint density at radius 2 is 1.76 bits per heavy atom. The minimum atomic E-state index is -0.0317. The second-order valence-electron chi connectivity index (χ2n) is 5.09. The van der Waals surface area contributed by atoms with Crippen LogP contribution in [0.5, 0.6) is 0 Å². The second kappa shape index (κ2) is 6.72. The second-order valence-corrected chi connectivity index (χ2v) is 6.00. The standard InChI is InChI=1S/C16H18BrN3O/c1-19(2)15-9-6-13(10-18-15)16(21)20(3)11-12-4-7-14(17)8-5-12/h4-10H,11H2,1-3H3. The van der Waals surface area contributed by atoms with Crippen LogP contribution in [-0.4, -0.2) is 36.9 Å². The molecule has 0 bridgehead atoms. The van der Waals surface area contributed by atoms with Crippen molar-refractivity contribution in [2.24, 2.45) is 0 Å². The predicted octanol–water partition coefficient (Wildman–Crippen LogP) is 3.18. The van der Waals surface area contributed by atoms with Gasteiger partial charge in [0.15, 0.2) is 0 Å². The van der Waals surface area contributed by atoms with E-state index in [1.807, 2.05) is 55.4 Å². The summed E-state index contributed by atoms with van der Waals surface area (Å²) < 4.78 is 1.03. The van der Waals surface area contributed by atoms with Crippen LogP contribution in [0.4, 0.5) is 5.82 Å². The average molecular weight is 348 g/mol. The first-order valence-electron chi connectivity index (χ1n) is 6.60. The Morgan fingerprint density at radius 3 is 2.29 bits per heavy atom. The van der Waals surface area contributed by atoms with Gasteiger partial charge in [-0.05, 0) is 29.8 Å². The molecule has 1 aromatic carbocycles. The number of halogens is 1. The first-order chi connectivity index (χ1) is 9.97. The lowest BCUT2D eigenvalue weighted by Crippen LogP contribution is -2.26. The molecule has 4 nitrogen and oxygen atoms in total. The van der Waals surface area contributed by atoms with Gasteiger partial charge in [-0.2, -0.15) is 0 Å². The molecule has 2 rings (SSSR count). The van der Waals surface area contributed by atoms with Crippen LogP contribution in [0.15, 0.2) is 47.1 Å². The fraction of sp³-hybridized carbons (Fsp3) is 0.250. The van der Waals surface area contributed by atoms with Crippen LogP contribution < -0.4 is 4.90 Å². The van der Waals surface area contributed by atoms with Crippen LogP contribution in [0, 0.1) is 0 Å². The van der Waals surface area contributed by atoms with Crippen LogP contribution in [0.2, 0.25) is 0 Å². The highest BCUT2D eigenvalue weighted by Gasteiger charge is 2.12. The Morgan fingerprint density at radius 1 is 1.10 bits per heavy atom. The Balaban J connectivity index is 2.06. The number of anilines is 1. The van der Waals surface area contributed by atoms with E-state index < -0.39 is 0 Å². The van der Waals surface area contributed by atoms with Crippen LogP contribution in [0.3, 0.4) is 0 Å². The molecule has 0 aliphatic heterocycles. The van der Waals surface area contributed by atoms with E-state index in [-0.39, 0.29) is 5.91 Å². The van der Waals surface area contributed by atoms with Gasteiger partial charge in [-0.1, -0.05) is 28.1 Å². The fourth-order valence-corrected chi connectivity index (χ4v) is 2.20. The van der Waals surface area contributed by atoms with Gasteiger partial charge in [-0.3, -0.25) is 4.79 Å². The molecular weight excluding hydrogens is 330 g/mol. The molecular formula is C16H18BrN3O. The third-order valence-electron chi connectivity index (χ3n) is 3.13. The first kappa shape index (κ1) is 15.5. The van der Waals surface area contributed by atoms with Crippen molar-refractivity contribution in [3.05, 3.63) is 58.2 Å². The Hall–Kier alpha value is -1.88. The van der Waals surface area contributed by atoms with Gasteiger partial charge in [0.05, 0.1) is 5.56 Å². The van der Waals surface area contributed by atoms with Crippen LogP contribution in [0.25, 0.3) is 0 Å². The number of rotatable bonds is 4. The molecule has 0 radical (unpaired) electrons. The Bertz CT molecular complexity index is 608. The van der Waals surface area contributed by atoms with Gasteiger partial charge in [0.2, 0.25) is 0 Å². The number of hydrogen-bond acceptors (Lipinski definition) is 3. The minimum absolute atomic E-state index is 0.0317. The van der Waals surface area contributed by atoms with E-state index in [0.29, 0.717) is 12.1 Å². The molecule has 21 heavy (non-hydrogen) atoms. The van der Waals surface area contributed by atoms with E-state index in [4.69, 9.17) is 0 Å². The quantitative estimate of drug-likeness (QED) is 0.852. The predicted molar refractivity (Wildman–Crippen MR) is 88.5 cm³/mol. The third-order valence-corrected chi connectivity index (χ3v) is 3.66. The monoisotopic (exact) mass is 347 g/mol. The zero-order valence-electron chi connectivity index (χ0n) is 12.4. The SMILES string of the molecule is CN(Cc1ccc(Br)cc1)C(=O)c1ccc(N(C)C)nc1. The highest BCUT2D eigenvalue weighted by atomic mass is 79.9. The van der Waals surface area contributed by atoms with Gasteiger partial charge in [0.1, 0.15) is 5.82 Å². The molecule has 1 heterocycles. The van der Waals surface area contributed by atoms with Gasteiger partial charge in [-0.25, -0.2) is 4.98 Å². The summed E-state index contributed by atoms with van der Waals surface area (Å²) in [6.07, 6.45) is 1.62. The van der Waals surface area contributed by atoms with Gasteiger partial charge in [-0.15, -0.1) is 0 Å².